The number of amides is 2. The minimum absolute atomic E-state index is 0.105. The van der Waals surface area contributed by atoms with Crippen molar-refractivity contribution in [3.63, 3.8) is 0 Å². The van der Waals surface area contributed by atoms with Gasteiger partial charge in [-0.15, -0.1) is 0 Å². The van der Waals surface area contributed by atoms with Gasteiger partial charge < -0.3 is 14.9 Å². The predicted molar refractivity (Wildman–Crippen MR) is 52.9 cm³/mol. The van der Waals surface area contributed by atoms with Crippen molar-refractivity contribution in [2.75, 3.05) is 27.2 Å². The molecule has 0 aromatic heterocycles. The van der Waals surface area contributed by atoms with E-state index in [4.69, 9.17) is 0 Å². The summed E-state index contributed by atoms with van der Waals surface area (Å²) in [5.74, 6) is 1.07. The molecule has 0 bridgehead atoms. The Morgan fingerprint density at radius 1 is 1.29 bits per heavy atom. The summed E-state index contributed by atoms with van der Waals surface area (Å²) in [6, 6.07) is 0.105. The number of carbonyl (C=O) groups excluding carboxylic acids is 1. The summed E-state index contributed by atoms with van der Waals surface area (Å²) in [4.78, 5) is 15.2. The smallest absolute Gasteiger partial charge is 0.319 e. The van der Waals surface area contributed by atoms with Gasteiger partial charge in [-0.2, -0.15) is 0 Å². The maximum atomic E-state index is 11.6. The zero-order chi connectivity index (χ0) is 10.3. The largest absolute Gasteiger partial charge is 0.393 e. The Hall–Kier alpha value is -0.770. The maximum Gasteiger partial charge on any atom is 0.319 e. The molecule has 1 aliphatic carbocycles. The van der Waals surface area contributed by atoms with Crippen LogP contribution in [0.15, 0.2) is 0 Å². The van der Waals surface area contributed by atoms with Crippen LogP contribution in [0.25, 0.3) is 0 Å². The van der Waals surface area contributed by atoms with Crippen LogP contribution in [0.5, 0.6) is 0 Å². The minimum atomic E-state index is -0.124. The van der Waals surface area contributed by atoms with E-state index in [1.807, 2.05) is 4.90 Å². The second-order valence-corrected chi connectivity index (χ2v) is 4.73. The predicted octanol–water partition coefficient (Wildman–Crippen LogP) is 0.371. The van der Waals surface area contributed by atoms with Crippen LogP contribution in [-0.4, -0.2) is 54.2 Å². The van der Waals surface area contributed by atoms with Gasteiger partial charge in [-0.05, 0) is 24.7 Å². The van der Waals surface area contributed by atoms with E-state index in [1.165, 1.54) is 0 Å². The summed E-state index contributed by atoms with van der Waals surface area (Å²) in [5, 5.41) is 9.46. The summed E-state index contributed by atoms with van der Waals surface area (Å²) < 4.78 is 0. The normalized spacial score (nSPS) is 35.9. The van der Waals surface area contributed by atoms with Gasteiger partial charge in [0, 0.05) is 27.2 Å². The molecule has 2 amide bonds. The van der Waals surface area contributed by atoms with Crippen molar-refractivity contribution < 1.29 is 9.90 Å². The van der Waals surface area contributed by atoms with E-state index in [-0.39, 0.29) is 12.1 Å². The standard InChI is InChI=1S/C10H18N2O2/c1-11(2)10(14)12-5-7-3-9(13)4-8(7)6-12/h7-9,13H,3-6H2,1-2H3/t7-,8+,9-. The van der Waals surface area contributed by atoms with Gasteiger partial charge in [-0.3, -0.25) is 0 Å². The molecular weight excluding hydrogens is 180 g/mol. The van der Waals surface area contributed by atoms with Gasteiger partial charge in [-0.25, -0.2) is 4.79 Å². The first-order valence-corrected chi connectivity index (χ1v) is 5.22. The summed E-state index contributed by atoms with van der Waals surface area (Å²) in [6.45, 7) is 1.66. The molecule has 3 atom stereocenters. The van der Waals surface area contributed by atoms with Gasteiger partial charge in [0.05, 0.1) is 6.10 Å². The molecule has 0 spiro atoms. The SMILES string of the molecule is CN(C)C(=O)N1C[C@H]2C[C@@H](O)C[C@H]2C1. The number of fused-ring (bicyclic) bond motifs is 1. The van der Waals surface area contributed by atoms with Crippen LogP contribution in [0.1, 0.15) is 12.8 Å². The Morgan fingerprint density at radius 2 is 1.79 bits per heavy atom. The highest BCUT2D eigenvalue weighted by Gasteiger charge is 2.41. The number of hydrogen-bond donors (Lipinski definition) is 1. The number of aliphatic hydroxyl groups is 1. The molecule has 1 N–H and O–H groups in total. The third-order valence-electron chi connectivity index (χ3n) is 3.38. The first-order chi connectivity index (χ1) is 6.58. The number of urea groups is 1. The summed E-state index contributed by atoms with van der Waals surface area (Å²) >= 11 is 0. The van der Waals surface area contributed by atoms with E-state index in [0.717, 1.165) is 25.9 Å². The fourth-order valence-electron chi connectivity index (χ4n) is 2.71. The molecule has 1 aliphatic heterocycles. The number of nitrogens with zero attached hydrogens (tertiary/aromatic N) is 2. The molecule has 0 radical (unpaired) electrons. The van der Waals surface area contributed by atoms with Gasteiger partial charge in [0.15, 0.2) is 0 Å². The van der Waals surface area contributed by atoms with Crippen molar-refractivity contribution in [2.24, 2.45) is 11.8 Å². The van der Waals surface area contributed by atoms with E-state index in [2.05, 4.69) is 0 Å². The summed E-state index contributed by atoms with van der Waals surface area (Å²) in [5.41, 5.74) is 0. The highest BCUT2D eigenvalue weighted by Crippen LogP contribution is 2.38. The van der Waals surface area contributed by atoms with Crippen LogP contribution in [0.4, 0.5) is 4.79 Å². The molecule has 4 nitrogen and oxygen atoms in total. The lowest BCUT2D eigenvalue weighted by atomic mass is 10.0. The Balaban J connectivity index is 1.94. The number of carbonyl (C=O) groups is 1. The first-order valence-electron chi connectivity index (χ1n) is 5.22. The second kappa shape index (κ2) is 3.42. The monoisotopic (exact) mass is 198 g/mol. The quantitative estimate of drug-likeness (QED) is 0.611. The molecule has 1 saturated heterocycles. The van der Waals surface area contributed by atoms with Crippen molar-refractivity contribution in [1.82, 2.24) is 9.80 Å². The van der Waals surface area contributed by atoms with Crippen LogP contribution in [0.2, 0.25) is 0 Å². The topological polar surface area (TPSA) is 43.8 Å². The molecule has 1 heterocycles. The van der Waals surface area contributed by atoms with Crippen molar-refractivity contribution in [3.8, 4) is 0 Å². The highest BCUT2D eigenvalue weighted by atomic mass is 16.3. The van der Waals surface area contributed by atoms with Crippen LogP contribution < -0.4 is 0 Å². The Labute approximate surface area is 84.5 Å². The highest BCUT2D eigenvalue weighted by molar-refractivity contribution is 5.74. The Kier molecular flexibility index (Phi) is 2.39. The average molecular weight is 198 g/mol. The lowest BCUT2D eigenvalue weighted by Crippen LogP contribution is -2.38. The van der Waals surface area contributed by atoms with E-state index in [1.54, 1.807) is 19.0 Å². The zero-order valence-corrected chi connectivity index (χ0v) is 8.81. The summed E-state index contributed by atoms with van der Waals surface area (Å²) in [7, 11) is 3.57. The third-order valence-corrected chi connectivity index (χ3v) is 3.38. The third kappa shape index (κ3) is 1.59. The molecular formula is C10H18N2O2. The molecule has 14 heavy (non-hydrogen) atoms. The number of aliphatic hydroxyl groups excluding tert-OH is 1. The molecule has 2 rings (SSSR count). The lowest BCUT2D eigenvalue weighted by molar-refractivity contribution is 0.153. The average Bonchev–Trinajstić information content (AvgIpc) is 2.59. The van der Waals surface area contributed by atoms with Crippen molar-refractivity contribution in [3.05, 3.63) is 0 Å². The fourth-order valence-corrected chi connectivity index (χ4v) is 2.71. The molecule has 80 valence electrons. The van der Waals surface area contributed by atoms with E-state index < -0.39 is 0 Å². The Bertz CT molecular complexity index is 228. The van der Waals surface area contributed by atoms with Crippen molar-refractivity contribution >= 4 is 6.03 Å². The first kappa shape index (κ1) is 9.77. The Morgan fingerprint density at radius 3 is 2.21 bits per heavy atom. The molecule has 1 saturated carbocycles. The number of likely N-dealkylation sites (tertiary alicyclic amines) is 1. The van der Waals surface area contributed by atoms with Crippen molar-refractivity contribution in [2.45, 2.75) is 18.9 Å². The maximum absolute atomic E-state index is 11.6. The minimum Gasteiger partial charge on any atom is -0.393 e. The molecule has 0 unspecified atom stereocenters. The van der Waals surface area contributed by atoms with Gasteiger partial charge in [0.2, 0.25) is 0 Å². The van der Waals surface area contributed by atoms with Gasteiger partial charge in [0.25, 0.3) is 0 Å². The molecule has 2 aliphatic rings. The van der Waals surface area contributed by atoms with E-state index >= 15 is 0 Å². The van der Waals surface area contributed by atoms with Gasteiger partial charge in [-0.1, -0.05) is 0 Å². The van der Waals surface area contributed by atoms with E-state index in [9.17, 15) is 9.90 Å². The van der Waals surface area contributed by atoms with Gasteiger partial charge >= 0.3 is 6.03 Å². The van der Waals surface area contributed by atoms with Crippen LogP contribution >= 0.6 is 0 Å². The molecule has 4 heteroatoms. The molecule has 0 aromatic rings. The van der Waals surface area contributed by atoms with Crippen LogP contribution in [-0.2, 0) is 0 Å². The number of hydrogen-bond acceptors (Lipinski definition) is 2. The second-order valence-electron chi connectivity index (χ2n) is 4.73. The van der Waals surface area contributed by atoms with Crippen LogP contribution in [0, 0.1) is 11.8 Å². The van der Waals surface area contributed by atoms with Crippen molar-refractivity contribution in [1.29, 1.82) is 0 Å². The molecule has 0 aromatic carbocycles. The lowest BCUT2D eigenvalue weighted by Gasteiger charge is -2.22. The molecule has 2 fully saturated rings. The number of rotatable bonds is 0. The van der Waals surface area contributed by atoms with E-state index in [0.29, 0.717) is 11.8 Å². The zero-order valence-electron chi connectivity index (χ0n) is 8.81. The van der Waals surface area contributed by atoms with Gasteiger partial charge in [0.1, 0.15) is 0 Å². The van der Waals surface area contributed by atoms with Crippen LogP contribution in [0.3, 0.4) is 0 Å². The summed E-state index contributed by atoms with van der Waals surface area (Å²) in [6.07, 6.45) is 1.63. The fraction of sp³-hybridized carbons (Fsp3) is 0.900.